The Kier molecular flexibility index (Phi) is 6.31. The van der Waals surface area contributed by atoms with Gasteiger partial charge >= 0.3 is 17.9 Å². The van der Waals surface area contributed by atoms with Crippen molar-refractivity contribution in [1.82, 2.24) is 0 Å². The van der Waals surface area contributed by atoms with Crippen molar-refractivity contribution in [1.29, 1.82) is 0 Å². The van der Waals surface area contributed by atoms with Gasteiger partial charge in [0.1, 0.15) is 12.2 Å². The van der Waals surface area contributed by atoms with Gasteiger partial charge in [0.05, 0.1) is 5.92 Å². The third-order valence-electron chi connectivity index (χ3n) is 6.83. The first-order valence-electron chi connectivity index (χ1n) is 10.8. The van der Waals surface area contributed by atoms with Crippen molar-refractivity contribution < 1.29 is 33.4 Å². The summed E-state index contributed by atoms with van der Waals surface area (Å²) in [6.07, 6.45) is 3.39. The van der Waals surface area contributed by atoms with Crippen LogP contribution in [0.3, 0.4) is 0 Å². The number of ether oxygens (including phenoxy) is 3. The highest BCUT2D eigenvalue weighted by atomic mass is 16.6. The number of rotatable bonds is 4. The molecule has 0 amide bonds. The van der Waals surface area contributed by atoms with Gasteiger partial charge in [-0.15, -0.1) is 0 Å². The predicted molar refractivity (Wildman–Crippen MR) is 116 cm³/mol. The van der Waals surface area contributed by atoms with E-state index in [2.05, 4.69) is 0 Å². The largest absolute Gasteiger partial charge is 0.458 e. The van der Waals surface area contributed by atoms with E-state index >= 15 is 0 Å². The standard InChI is InChI=1S/C25H30O7/c1-8-12(3)22(27)30-17-11-15(6)18-16(26)10-14(5)19(18)21-20(17)25(7,24(29)31-21)32-23(28)13(4)9-2/h8-10,17,19-21H,11H2,1-7H3/b12-8-,13-9-/t17-,19+,20+,21-,25-/m0/s1. The van der Waals surface area contributed by atoms with Gasteiger partial charge in [-0.05, 0) is 54.5 Å². The summed E-state index contributed by atoms with van der Waals surface area (Å²) in [4.78, 5) is 51.1. The first kappa shape index (κ1) is 23.7. The van der Waals surface area contributed by atoms with E-state index in [0.717, 1.165) is 11.1 Å². The van der Waals surface area contributed by atoms with Crippen LogP contribution in [0.25, 0.3) is 0 Å². The SMILES string of the molecule is C/C=C(/C)C(=O)O[C@H]1CC(C)=C2C(=O)C=C(C)[C@H]2[C@@H]2OC(=O)[C@@](C)(OC(=O)/C(C)=C\C)[C@@H]21. The second kappa shape index (κ2) is 8.52. The summed E-state index contributed by atoms with van der Waals surface area (Å²) >= 11 is 0. The van der Waals surface area contributed by atoms with Gasteiger partial charge in [-0.2, -0.15) is 0 Å². The number of allylic oxidation sites excluding steroid dienone is 3. The number of hydrogen-bond acceptors (Lipinski definition) is 7. The molecule has 3 rings (SSSR count). The van der Waals surface area contributed by atoms with Crippen LogP contribution in [0.4, 0.5) is 0 Å². The zero-order valence-corrected chi connectivity index (χ0v) is 19.6. The normalized spacial score (nSPS) is 32.7. The lowest BCUT2D eigenvalue weighted by Gasteiger charge is -2.34. The lowest BCUT2D eigenvalue weighted by molar-refractivity contribution is -0.175. The van der Waals surface area contributed by atoms with Gasteiger partial charge in [0.25, 0.3) is 0 Å². The molecule has 5 atom stereocenters. The van der Waals surface area contributed by atoms with E-state index in [1.54, 1.807) is 45.9 Å². The molecule has 1 saturated heterocycles. The average Bonchev–Trinajstić information content (AvgIpc) is 3.12. The van der Waals surface area contributed by atoms with E-state index in [4.69, 9.17) is 14.2 Å². The topological polar surface area (TPSA) is 96.0 Å². The summed E-state index contributed by atoms with van der Waals surface area (Å²) < 4.78 is 17.4. The van der Waals surface area contributed by atoms with Crippen molar-refractivity contribution in [3.05, 3.63) is 46.1 Å². The Balaban J connectivity index is 2.12. The van der Waals surface area contributed by atoms with E-state index < -0.39 is 47.6 Å². The molecule has 0 spiro atoms. The second-order valence-corrected chi connectivity index (χ2v) is 8.91. The minimum absolute atomic E-state index is 0.133. The van der Waals surface area contributed by atoms with Crippen molar-refractivity contribution in [2.24, 2.45) is 11.8 Å². The van der Waals surface area contributed by atoms with Crippen molar-refractivity contribution in [2.75, 3.05) is 0 Å². The highest BCUT2D eigenvalue weighted by Crippen LogP contribution is 2.51. The fraction of sp³-hybridized carbons (Fsp3) is 0.520. The Morgan fingerprint density at radius 3 is 2.28 bits per heavy atom. The summed E-state index contributed by atoms with van der Waals surface area (Å²) in [5, 5.41) is 0. The van der Waals surface area contributed by atoms with Crippen LogP contribution in [0.1, 0.15) is 54.9 Å². The van der Waals surface area contributed by atoms with Crippen LogP contribution in [-0.2, 0) is 33.4 Å². The van der Waals surface area contributed by atoms with Crippen molar-refractivity contribution in [2.45, 2.75) is 72.7 Å². The molecule has 0 bridgehead atoms. The molecule has 1 fully saturated rings. The van der Waals surface area contributed by atoms with E-state index in [1.807, 2.05) is 13.8 Å². The third-order valence-corrected chi connectivity index (χ3v) is 6.83. The molecule has 0 saturated carbocycles. The van der Waals surface area contributed by atoms with Gasteiger partial charge in [0, 0.05) is 29.1 Å². The van der Waals surface area contributed by atoms with Gasteiger partial charge in [-0.1, -0.05) is 23.3 Å². The molecule has 7 nitrogen and oxygen atoms in total. The van der Waals surface area contributed by atoms with Gasteiger partial charge in [-0.3, -0.25) is 4.79 Å². The van der Waals surface area contributed by atoms with E-state index in [1.165, 1.54) is 6.92 Å². The minimum Gasteiger partial charge on any atom is -0.458 e. The summed E-state index contributed by atoms with van der Waals surface area (Å²) in [6, 6.07) is 0. The van der Waals surface area contributed by atoms with Crippen LogP contribution in [0.15, 0.2) is 46.1 Å². The van der Waals surface area contributed by atoms with Crippen LogP contribution < -0.4 is 0 Å². The zero-order valence-electron chi connectivity index (χ0n) is 19.6. The Hall–Kier alpha value is -2.96. The maximum Gasteiger partial charge on any atom is 0.351 e. The Labute approximate surface area is 188 Å². The smallest absolute Gasteiger partial charge is 0.351 e. The van der Waals surface area contributed by atoms with Gasteiger partial charge in [0.15, 0.2) is 5.78 Å². The first-order valence-corrected chi connectivity index (χ1v) is 10.8. The van der Waals surface area contributed by atoms with E-state index in [0.29, 0.717) is 16.7 Å². The highest BCUT2D eigenvalue weighted by molar-refractivity contribution is 6.09. The second-order valence-electron chi connectivity index (χ2n) is 8.91. The van der Waals surface area contributed by atoms with Crippen molar-refractivity contribution in [3.8, 4) is 0 Å². The number of esters is 3. The average molecular weight is 443 g/mol. The van der Waals surface area contributed by atoms with Gasteiger partial charge in [0.2, 0.25) is 5.60 Å². The number of fused-ring (bicyclic) bond motifs is 3. The zero-order chi connectivity index (χ0) is 24.0. The van der Waals surface area contributed by atoms with Crippen LogP contribution in [0.5, 0.6) is 0 Å². The van der Waals surface area contributed by atoms with E-state index in [9.17, 15) is 19.2 Å². The fourth-order valence-electron chi connectivity index (χ4n) is 4.76. The lowest BCUT2D eigenvalue weighted by Crippen LogP contribution is -2.50. The molecule has 1 aliphatic heterocycles. The molecule has 3 aliphatic rings. The highest BCUT2D eigenvalue weighted by Gasteiger charge is 2.65. The number of carbonyl (C=O) groups is 4. The fourth-order valence-corrected chi connectivity index (χ4v) is 4.76. The molecule has 0 aromatic carbocycles. The summed E-state index contributed by atoms with van der Waals surface area (Å²) in [7, 11) is 0. The summed E-state index contributed by atoms with van der Waals surface area (Å²) in [6.45, 7) is 11.8. The monoisotopic (exact) mass is 442 g/mol. The molecule has 0 radical (unpaired) electrons. The maximum absolute atomic E-state index is 13.1. The molecule has 0 unspecified atom stereocenters. The third kappa shape index (κ3) is 3.74. The Morgan fingerprint density at radius 2 is 1.69 bits per heavy atom. The maximum atomic E-state index is 13.1. The molecule has 172 valence electrons. The lowest BCUT2D eigenvalue weighted by atomic mass is 9.77. The molecule has 0 aromatic rings. The minimum atomic E-state index is -1.68. The van der Waals surface area contributed by atoms with Gasteiger partial charge in [-0.25, -0.2) is 14.4 Å². The molecule has 32 heavy (non-hydrogen) atoms. The first-order chi connectivity index (χ1) is 15.0. The van der Waals surface area contributed by atoms with Gasteiger partial charge < -0.3 is 14.2 Å². The number of ketones is 1. The summed E-state index contributed by atoms with van der Waals surface area (Å²) in [5.74, 6) is -3.27. The molecule has 0 aromatic heterocycles. The van der Waals surface area contributed by atoms with Crippen LogP contribution in [0.2, 0.25) is 0 Å². The van der Waals surface area contributed by atoms with Crippen molar-refractivity contribution in [3.63, 3.8) is 0 Å². The van der Waals surface area contributed by atoms with Crippen LogP contribution >= 0.6 is 0 Å². The molecule has 2 aliphatic carbocycles. The molecule has 7 heteroatoms. The Morgan fingerprint density at radius 1 is 1.09 bits per heavy atom. The Bertz CT molecular complexity index is 1010. The summed E-state index contributed by atoms with van der Waals surface area (Å²) in [5.41, 5.74) is 1.18. The molecular weight excluding hydrogens is 412 g/mol. The van der Waals surface area contributed by atoms with Crippen molar-refractivity contribution >= 4 is 23.7 Å². The van der Waals surface area contributed by atoms with Crippen LogP contribution in [-0.4, -0.2) is 41.5 Å². The number of carbonyl (C=O) groups excluding carboxylic acids is 4. The molecular formula is C25H30O7. The predicted octanol–water partition coefficient (Wildman–Crippen LogP) is 3.54. The quantitative estimate of drug-likeness (QED) is 0.373. The molecule has 1 heterocycles. The number of hydrogen-bond donors (Lipinski definition) is 0. The van der Waals surface area contributed by atoms with E-state index in [-0.39, 0.29) is 12.2 Å². The van der Waals surface area contributed by atoms with Crippen LogP contribution in [0, 0.1) is 11.8 Å². The molecule has 0 N–H and O–H groups in total.